The van der Waals surface area contributed by atoms with Crippen LogP contribution < -0.4 is 16.2 Å². The highest BCUT2D eigenvalue weighted by Crippen LogP contribution is 2.22. The summed E-state index contributed by atoms with van der Waals surface area (Å²) in [6.07, 6.45) is 0.811. The Bertz CT molecular complexity index is 299. The molecule has 1 aromatic rings. The fraction of sp³-hybridized carbons (Fsp3) is 0.455. The Labute approximate surface area is 85.0 Å². The molecule has 0 amide bonds. The van der Waals surface area contributed by atoms with Gasteiger partial charge in [-0.1, -0.05) is 12.1 Å². The minimum atomic E-state index is 0.0320. The summed E-state index contributed by atoms with van der Waals surface area (Å²) in [6, 6.07) is 6.02. The van der Waals surface area contributed by atoms with Crippen LogP contribution in [0.1, 0.15) is 23.6 Å². The van der Waals surface area contributed by atoms with Gasteiger partial charge in [-0.05, 0) is 37.1 Å². The number of hydrogen-bond acceptors (Lipinski definition) is 3. The summed E-state index contributed by atoms with van der Waals surface area (Å²) in [4.78, 5) is 0. The third-order valence-corrected chi connectivity index (χ3v) is 2.32. The SMILES string of the molecule is COc1ccc(C(N)CCN)cc1C. The van der Waals surface area contributed by atoms with E-state index in [0.717, 1.165) is 23.3 Å². The lowest BCUT2D eigenvalue weighted by Crippen LogP contribution is -2.15. The molecule has 1 unspecified atom stereocenters. The first-order valence-electron chi connectivity index (χ1n) is 4.79. The van der Waals surface area contributed by atoms with E-state index in [0.29, 0.717) is 6.54 Å². The van der Waals surface area contributed by atoms with Gasteiger partial charge in [0.25, 0.3) is 0 Å². The van der Waals surface area contributed by atoms with Crippen molar-refractivity contribution in [2.24, 2.45) is 11.5 Å². The molecule has 78 valence electrons. The van der Waals surface area contributed by atoms with Crippen molar-refractivity contribution in [1.29, 1.82) is 0 Å². The highest BCUT2D eigenvalue weighted by atomic mass is 16.5. The van der Waals surface area contributed by atoms with Gasteiger partial charge in [-0.25, -0.2) is 0 Å². The zero-order chi connectivity index (χ0) is 10.6. The van der Waals surface area contributed by atoms with E-state index < -0.39 is 0 Å². The van der Waals surface area contributed by atoms with Gasteiger partial charge < -0.3 is 16.2 Å². The average Bonchev–Trinajstić information content (AvgIpc) is 2.18. The molecule has 4 N–H and O–H groups in total. The van der Waals surface area contributed by atoms with Gasteiger partial charge >= 0.3 is 0 Å². The van der Waals surface area contributed by atoms with Gasteiger partial charge in [0.05, 0.1) is 7.11 Å². The molecule has 14 heavy (non-hydrogen) atoms. The summed E-state index contributed by atoms with van der Waals surface area (Å²) in [5.74, 6) is 0.897. The molecule has 3 nitrogen and oxygen atoms in total. The van der Waals surface area contributed by atoms with Crippen molar-refractivity contribution < 1.29 is 4.74 Å². The molecule has 0 heterocycles. The minimum absolute atomic E-state index is 0.0320. The summed E-state index contributed by atoms with van der Waals surface area (Å²) >= 11 is 0. The van der Waals surface area contributed by atoms with Gasteiger partial charge in [0.1, 0.15) is 5.75 Å². The lowest BCUT2D eigenvalue weighted by Gasteiger charge is -2.13. The fourth-order valence-corrected chi connectivity index (χ4v) is 1.48. The molecule has 0 saturated carbocycles. The Hall–Kier alpha value is -1.06. The predicted molar refractivity (Wildman–Crippen MR) is 58.3 cm³/mol. The van der Waals surface area contributed by atoms with Crippen molar-refractivity contribution >= 4 is 0 Å². The monoisotopic (exact) mass is 194 g/mol. The van der Waals surface area contributed by atoms with Crippen LogP contribution in [0.3, 0.4) is 0 Å². The highest BCUT2D eigenvalue weighted by Gasteiger charge is 2.06. The quantitative estimate of drug-likeness (QED) is 0.760. The van der Waals surface area contributed by atoms with Crippen LogP contribution in [-0.2, 0) is 0 Å². The van der Waals surface area contributed by atoms with Crippen LogP contribution >= 0.6 is 0 Å². The number of aryl methyl sites for hydroxylation is 1. The summed E-state index contributed by atoms with van der Waals surface area (Å²) in [5.41, 5.74) is 13.6. The maximum Gasteiger partial charge on any atom is 0.121 e. The third kappa shape index (κ3) is 2.47. The van der Waals surface area contributed by atoms with Gasteiger partial charge in [0.15, 0.2) is 0 Å². The molecule has 0 bridgehead atoms. The number of benzene rings is 1. The standard InChI is InChI=1S/C11H18N2O/c1-8-7-9(10(13)5-6-12)3-4-11(8)14-2/h3-4,7,10H,5-6,12-13H2,1-2H3. The van der Waals surface area contributed by atoms with Crippen LogP contribution in [0.25, 0.3) is 0 Å². The second-order valence-electron chi connectivity index (χ2n) is 3.41. The number of rotatable bonds is 4. The molecule has 1 atom stereocenters. The Balaban J connectivity index is 2.85. The second kappa shape index (κ2) is 4.98. The molecule has 0 saturated heterocycles. The topological polar surface area (TPSA) is 61.3 Å². The van der Waals surface area contributed by atoms with Gasteiger partial charge in [-0.15, -0.1) is 0 Å². The van der Waals surface area contributed by atoms with Gasteiger partial charge in [-0.3, -0.25) is 0 Å². The van der Waals surface area contributed by atoms with E-state index >= 15 is 0 Å². The second-order valence-corrected chi connectivity index (χ2v) is 3.41. The van der Waals surface area contributed by atoms with Crippen LogP contribution in [0.4, 0.5) is 0 Å². The van der Waals surface area contributed by atoms with E-state index in [1.54, 1.807) is 7.11 Å². The molecular weight excluding hydrogens is 176 g/mol. The lowest BCUT2D eigenvalue weighted by atomic mass is 10.0. The number of methoxy groups -OCH3 is 1. The van der Waals surface area contributed by atoms with Gasteiger partial charge in [0, 0.05) is 6.04 Å². The first-order valence-corrected chi connectivity index (χ1v) is 4.79. The van der Waals surface area contributed by atoms with E-state index in [4.69, 9.17) is 16.2 Å². The first kappa shape index (κ1) is 11.0. The lowest BCUT2D eigenvalue weighted by molar-refractivity contribution is 0.411. The maximum absolute atomic E-state index is 5.95. The predicted octanol–water partition coefficient (Wildman–Crippen LogP) is 1.35. The summed E-state index contributed by atoms with van der Waals surface area (Å²) in [7, 11) is 1.67. The van der Waals surface area contributed by atoms with E-state index in [9.17, 15) is 0 Å². The fourth-order valence-electron chi connectivity index (χ4n) is 1.48. The van der Waals surface area contributed by atoms with Crippen molar-refractivity contribution in [3.05, 3.63) is 29.3 Å². The molecule has 1 rings (SSSR count). The average molecular weight is 194 g/mol. The molecule has 0 aromatic heterocycles. The van der Waals surface area contributed by atoms with E-state index in [1.807, 2.05) is 19.1 Å². The normalized spacial score (nSPS) is 12.6. The molecule has 0 aliphatic rings. The molecule has 1 aromatic carbocycles. The molecule has 0 spiro atoms. The van der Waals surface area contributed by atoms with Crippen LogP contribution in [0.2, 0.25) is 0 Å². The molecule has 0 aliphatic heterocycles. The van der Waals surface area contributed by atoms with Crippen molar-refractivity contribution in [2.45, 2.75) is 19.4 Å². The summed E-state index contributed by atoms with van der Waals surface area (Å²) in [6.45, 7) is 2.63. The van der Waals surface area contributed by atoms with Gasteiger partial charge in [0.2, 0.25) is 0 Å². The highest BCUT2D eigenvalue weighted by molar-refractivity contribution is 5.37. The molecule has 0 radical (unpaired) electrons. The Morgan fingerprint density at radius 3 is 2.64 bits per heavy atom. The van der Waals surface area contributed by atoms with Crippen LogP contribution in [0.5, 0.6) is 5.75 Å². The minimum Gasteiger partial charge on any atom is -0.496 e. The Morgan fingerprint density at radius 2 is 2.14 bits per heavy atom. The number of ether oxygens (including phenoxy) is 1. The van der Waals surface area contributed by atoms with Crippen molar-refractivity contribution in [2.75, 3.05) is 13.7 Å². The van der Waals surface area contributed by atoms with E-state index in [-0.39, 0.29) is 6.04 Å². The summed E-state index contributed by atoms with van der Waals surface area (Å²) in [5, 5.41) is 0. The zero-order valence-corrected chi connectivity index (χ0v) is 8.79. The molecular formula is C11H18N2O. The van der Waals surface area contributed by atoms with Crippen LogP contribution in [0.15, 0.2) is 18.2 Å². The third-order valence-electron chi connectivity index (χ3n) is 2.32. The van der Waals surface area contributed by atoms with Crippen molar-refractivity contribution in [3.63, 3.8) is 0 Å². The van der Waals surface area contributed by atoms with E-state index in [1.165, 1.54) is 0 Å². The van der Waals surface area contributed by atoms with Crippen LogP contribution in [0, 0.1) is 6.92 Å². The van der Waals surface area contributed by atoms with Crippen molar-refractivity contribution in [3.8, 4) is 5.75 Å². The zero-order valence-electron chi connectivity index (χ0n) is 8.79. The van der Waals surface area contributed by atoms with Gasteiger partial charge in [-0.2, -0.15) is 0 Å². The Kier molecular flexibility index (Phi) is 3.92. The summed E-state index contributed by atoms with van der Waals surface area (Å²) < 4.78 is 5.17. The molecule has 3 heteroatoms. The molecule has 0 fully saturated rings. The van der Waals surface area contributed by atoms with E-state index in [2.05, 4.69) is 6.07 Å². The smallest absolute Gasteiger partial charge is 0.121 e. The largest absolute Gasteiger partial charge is 0.496 e. The first-order chi connectivity index (χ1) is 6.69. The Morgan fingerprint density at radius 1 is 1.43 bits per heavy atom. The number of hydrogen-bond donors (Lipinski definition) is 2. The maximum atomic E-state index is 5.95. The number of nitrogens with two attached hydrogens (primary N) is 2. The van der Waals surface area contributed by atoms with Crippen molar-refractivity contribution in [1.82, 2.24) is 0 Å². The molecule has 0 aliphatic carbocycles. The van der Waals surface area contributed by atoms with Crippen LogP contribution in [-0.4, -0.2) is 13.7 Å².